The van der Waals surface area contributed by atoms with Gasteiger partial charge < -0.3 is 5.11 Å². The normalized spacial score (nSPS) is 11.2. The predicted molar refractivity (Wildman–Crippen MR) is 123 cm³/mol. The van der Waals surface area contributed by atoms with Gasteiger partial charge in [-0.05, 0) is 30.5 Å². The van der Waals surface area contributed by atoms with Gasteiger partial charge in [-0.2, -0.15) is 0 Å². The van der Waals surface area contributed by atoms with Crippen LogP contribution >= 0.6 is 0 Å². The van der Waals surface area contributed by atoms with Gasteiger partial charge in [-0.15, -0.1) is 0 Å². The van der Waals surface area contributed by atoms with E-state index in [2.05, 4.69) is 36.1 Å². The van der Waals surface area contributed by atoms with Crippen molar-refractivity contribution in [3.8, 4) is 0 Å². The second-order valence-electron chi connectivity index (χ2n) is 8.55. The summed E-state index contributed by atoms with van der Waals surface area (Å²) in [6.07, 6.45) is 16.6. The molecule has 0 saturated carbocycles. The number of nitrogens with zero attached hydrogens (tertiary/aromatic N) is 2. The Morgan fingerprint density at radius 2 is 1.50 bits per heavy atom. The zero-order chi connectivity index (χ0) is 21.8. The van der Waals surface area contributed by atoms with E-state index in [0.29, 0.717) is 5.56 Å². The molecule has 0 atom stereocenters. The zero-order valence-electron chi connectivity index (χ0n) is 19.3. The first-order valence-corrected chi connectivity index (χ1v) is 12.0. The van der Waals surface area contributed by atoms with Gasteiger partial charge in [0.25, 0.3) is 5.82 Å². The third-order valence-electron chi connectivity index (χ3n) is 5.92. The second kappa shape index (κ2) is 13.3. The van der Waals surface area contributed by atoms with Crippen LogP contribution in [0.4, 0.5) is 0 Å². The molecule has 0 aliphatic carbocycles. The number of carboxylic acids is 1. The van der Waals surface area contributed by atoms with E-state index in [1.807, 2.05) is 12.1 Å². The molecule has 1 aromatic heterocycles. The first kappa shape index (κ1) is 24.2. The minimum atomic E-state index is -0.870. The number of hydrogen-bond donors (Lipinski definition) is 1. The largest absolute Gasteiger partial charge is 0.478 e. The fraction of sp³-hybridized carbons (Fsp3) is 0.615. The van der Waals surface area contributed by atoms with Gasteiger partial charge in [-0.1, -0.05) is 77.3 Å². The van der Waals surface area contributed by atoms with Gasteiger partial charge in [0.15, 0.2) is 0 Å². The summed E-state index contributed by atoms with van der Waals surface area (Å²) in [7, 11) is 0. The number of unbranched alkanes of at least 4 members (excludes halogenated alkanes) is 8. The summed E-state index contributed by atoms with van der Waals surface area (Å²) < 4.78 is 4.84. The van der Waals surface area contributed by atoms with Crippen molar-refractivity contribution in [1.29, 1.82) is 0 Å². The van der Waals surface area contributed by atoms with Gasteiger partial charge >= 0.3 is 5.97 Å². The fourth-order valence-electron chi connectivity index (χ4n) is 4.22. The molecule has 0 radical (unpaired) electrons. The van der Waals surface area contributed by atoms with E-state index in [-0.39, 0.29) is 0 Å². The lowest BCUT2D eigenvalue weighted by molar-refractivity contribution is -0.695. The van der Waals surface area contributed by atoms with Crippen molar-refractivity contribution >= 4 is 5.97 Å². The summed E-state index contributed by atoms with van der Waals surface area (Å²) >= 11 is 0. The van der Waals surface area contributed by atoms with Crippen LogP contribution in [-0.4, -0.2) is 15.6 Å². The molecule has 0 spiro atoms. The Hall–Kier alpha value is -2.10. The third kappa shape index (κ3) is 7.62. The van der Waals surface area contributed by atoms with Crippen LogP contribution in [-0.2, 0) is 19.5 Å². The topological polar surface area (TPSA) is 46.1 Å². The standard InChI is InChI=1S/C26H40N2O2/c1-4-6-7-8-9-10-11-12-13-14-25-27(20-22(3)28(25)19-5-2)21-23-15-17-24(18-16-23)26(29)30/h15-18,20H,4-14,19,21H2,1-3H3/p+1. The van der Waals surface area contributed by atoms with Gasteiger partial charge in [-0.3, -0.25) is 0 Å². The number of imidazole rings is 1. The van der Waals surface area contributed by atoms with Gasteiger partial charge in [0, 0.05) is 13.3 Å². The average molecular weight is 414 g/mol. The van der Waals surface area contributed by atoms with Crippen molar-refractivity contribution in [2.75, 3.05) is 0 Å². The fourth-order valence-corrected chi connectivity index (χ4v) is 4.22. The Kier molecular flexibility index (Phi) is 10.7. The molecule has 30 heavy (non-hydrogen) atoms. The van der Waals surface area contributed by atoms with Crippen molar-refractivity contribution < 1.29 is 14.5 Å². The van der Waals surface area contributed by atoms with Gasteiger partial charge in [-0.25, -0.2) is 13.9 Å². The number of aromatic nitrogens is 2. The molecule has 1 N–H and O–H groups in total. The van der Waals surface area contributed by atoms with Gasteiger partial charge in [0.05, 0.1) is 12.1 Å². The van der Waals surface area contributed by atoms with Crippen molar-refractivity contribution in [3.05, 3.63) is 53.1 Å². The van der Waals surface area contributed by atoms with Crippen molar-refractivity contribution in [2.45, 2.75) is 104 Å². The summed E-state index contributed by atoms with van der Waals surface area (Å²) in [5, 5.41) is 9.11. The molecule has 4 nitrogen and oxygen atoms in total. The number of hydrogen-bond acceptors (Lipinski definition) is 1. The first-order valence-electron chi connectivity index (χ1n) is 12.0. The summed E-state index contributed by atoms with van der Waals surface area (Å²) in [5.41, 5.74) is 2.80. The maximum Gasteiger partial charge on any atom is 0.335 e. The van der Waals surface area contributed by atoms with Crippen LogP contribution in [0.5, 0.6) is 0 Å². The maximum atomic E-state index is 11.1. The minimum absolute atomic E-state index is 0.346. The maximum absolute atomic E-state index is 11.1. The molecular formula is C26H41N2O2+. The molecule has 2 aromatic rings. The molecule has 0 aliphatic rings. The van der Waals surface area contributed by atoms with Gasteiger partial charge in [0.1, 0.15) is 18.4 Å². The minimum Gasteiger partial charge on any atom is -0.478 e. The van der Waals surface area contributed by atoms with E-state index in [0.717, 1.165) is 31.5 Å². The summed E-state index contributed by atoms with van der Waals surface area (Å²) in [5.74, 6) is 0.532. The van der Waals surface area contributed by atoms with E-state index >= 15 is 0 Å². The Morgan fingerprint density at radius 1 is 0.900 bits per heavy atom. The number of rotatable bonds is 15. The third-order valence-corrected chi connectivity index (χ3v) is 5.92. The molecule has 0 fully saturated rings. The molecule has 1 aromatic carbocycles. The second-order valence-corrected chi connectivity index (χ2v) is 8.55. The van der Waals surface area contributed by atoms with Crippen LogP contribution in [0, 0.1) is 6.92 Å². The van der Waals surface area contributed by atoms with Crippen LogP contribution in [0.15, 0.2) is 30.5 Å². The average Bonchev–Trinajstić information content (AvgIpc) is 3.02. The first-order chi connectivity index (χ1) is 14.6. The van der Waals surface area contributed by atoms with E-state index in [1.54, 1.807) is 12.1 Å². The SMILES string of the molecule is CCCCCCCCCCCc1n(CCC)c(C)c[n+]1Cc1ccc(C(=O)O)cc1. The molecular weight excluding hydrogens is 372 g/mol. The molecule has 0 amide bonds. The van der Waals surface area contributed by atoms with Crippen molar-refractivity contribution in [1.82, 2.24) is 4.57 Å². The van der Waals surface area contributed by atoms with Crippen molar-refractivity contribution in [2.24, 2.45) is 0 Å². The lowest BCUT2D eigenvalue weighted by Crippen LogP contribution is -2.38. The molecule has 0 unspecified atom stereocenters. The highest BCUT2D eigenvalue weighted by Gasteiger charge is 2.20. The van der Waals surface area contributed by atoms with E-state index in [4.69, 9.17) is 5.11 Å². The quantitative estimate of drug-likeness (QED) is 0.274. The Labute approximate surface area is 182 Å². The van der Waals surface area contributed by atoms with Crippen LogP contribution in [0.2, 0.25) is 0 Å². The molecule has 2 rings (SSSR count). The molecule has 1 heterocycles. The highest BCUT2D eigenvalue weighted by Crippen LogP contribution is 2.14. The number of aryl methyl sites for hydroxylation is 1. The highest BCUT2D eigenvalue weighted by molar-refractivity contribution is 5.87. The van der Waals surface area contributed by atoms with Crippen LogP contribution in [0.1, 0.15) is 105 Å². The van der Waals surface area contributed by atoms with E-state index in [1.165, 1.54) is 69.3 Å². The zero-order valence-corrected chi connectivity index (χ0v) is 19.3. The number of carbonyl (C=O) groups is 1. The predicted octanol–water partition coefficient (Wildman–Crippen LogP) is 6.31. The molecule has 4 heteroatoms. The van der Waals surface area contributed by atoms with Crippen LogP contribution in [0.3, 0.4) is 0 Å². The Balaban J connectivity index is 1.93. The molecule has 166 valence electrons. The number of carboxylic acid groups (broad SMARTS) is 1. The lowest BCUT2D eigenvalue weighted by Gasteiger charge is -2.07. The highest BCUT2D eigenvalue weighted by atomic mass is 16.4. The number of aromatic carboxylic acids is 1. The van der Waals surface area contributed by atoms with Gasteiger partial charge in [0.2, 0.25) is 0 Å². The Bertz CT molecular complexity index is 762. The van der Waals surface area contributed by atoms with E-state index < -0.39 is 5.97 Å². The summed E-state index contributed by atoms with van der Waals surface area (Å²) in [4.78, 5) is 11.1. The Morgan fingerprint density at radius 3 is 2.07 bits per heavy atom. The number of benzene rings is 1. The van der Waals surface area contributed by atoms with E-state index in [9.17, 15) is 4.79 Å². The molecule has 0 bridgehead atoms. The lowest BCUT2D eigenvalue weighted by atomic mass is 10.1. The summed E-state index contributed by atoms with van der Waals surface area (Å²) in [6.45, 7) is 8.55. The smallest absolute Gasteiger partial charge is 0.335 e. The monoisotopic (exact) mass is 413 g/mol. The molecule has 0 aliphatic heterocycles. The summed E-state index contributed by atoms with van der Waals surface area (Å²) in [6, 6.07) is 7.28. The van der Waals surface area contributed by atoms with Crippen LogP contribution < -0.4 is 4.57 Å². The molecule has 0 saturated heterocycles. The van der Waals surface area contributed by atoms with Crippen LogP contribution in [0.25, 0.3) is 0 Å². The van der Waals surface area contributed by atoms with Crippen molar-refractivity contribution in [3.63, 3.8) is 0 Å².